The van der Waals surface area contributed by atoms with E-state index in [2.05, 4.69) is 12.3 Å². The number of para-hydroxylation sites is 1. The van der Waals surface area contributed by atoms with E-state index in [0.29, 0.717) is 28.2 Å². The second-order valence-corrected chi connectivity index (χ2v) is 15.9. The summed E-state index contributed by atoms with van der Waals surface area (Å²) in [5, 5.41) is 10.9. The van der Waals surface area contributed by atoms with Crippen LogP contribution in [0.4, 0.5) is 0 Å². The van der Waals surface area contributed by atoms with Gasteiger partial charge < -0.3 is 9.47 Å². The number of carbonyl (C=O) groups excluding carboxylic acids is 3. The molecular weight excluding hydrogens is 721 g/mol. The molecule has 0 bridgehead atoms. The van der Waals surface area contributed by atoms with E-state index in [0.717, 1.165) is 17.5 Å². The highest BCUT2D eigenvalue weighted by atomic mass is 35.5. The molecule has 54 heavy (non-hydrogen) atoms. The first kappa shape index (κ1) is 41.7. The number of nitriles is 1. The Hall–Kier alpha value is -5.10. The Balaban J connectivity index is 0.000000241. The minimum atomic E-state index is -1.03. The van der Waals surface area contributed by atoms with Crippen LogP contribution in [0.15, 0.2) is 108 Å². The van der Waals surface area contributed by atoms with Crippen LogP contribution in [0.5, 0.6) is 11.5 Å². The summed E-state index contributed by atoms with van der Waals surface area (Å²) < 4.78 is 11.4. The number of halogens is 2. The van der Waals surface area contributed by atoms with Crippen LogP contribution < -0.4 is 10.2 Å². The molecule has 0 radical (unpaired) electrons. The van der Waals surface area contributed by atoms with Gasteiger partial charge >= 0.3 is 5.97 Å². The maximum atomic E-state index is 13.1. The summed E-state index contributed by atoms with van der Waals surface area (Å²) in [5.41, 5.74) is 6.76. The molecule has 0 aliphatic heterocycles. The Morgan fingerprint density at radius 1 is 0.889 bits per heavy atom. The molecule has 4 aromatic rings. The van der Waals surface area contributed by atoms with E-state index in [1.165, 1.54) is 10.6 Å². The van der Waals surface area contributed by atoms with Crippen LogP contribution in [0.25, 0.3) is 0 Å². The standard InChI is InChI=1S/C22H19Cl2NO3.C22H28N2O2/c1-22(2)17(12-19(23)24)20(22)21(26)28-18(13-25)14-7-6-10-16(11-14)27-15-8-4-3-5-9-15;1-7-17-8-10-18(11-9-17)20(25)23-24(22(4,5)6)21(26)19-13-15(2)12-16(3)14-19/h3-12,17-18,20H,1-2H3;8-14H,7H2,1-6H3,(H,23,25)/t17-,18?,20-;/m0./s1. The van der Waals surface area contributed by atoms with Crippen LogP contribution in [0.3, 0.4) is 0 Å². The van der Waals surface area contributed by atoms with Crippen LogP contribution >= 0.6 is 23.2 Å². The Morgan fingerprint density at radius 3 is 2.06 bits per heavy atom. The van der Waals surface area contributed by atoms with E-state index >= 15 is 0 Å². The van der Waals surface area contributed by atoms with Gasteiger partial charge in [-0.05, 0) is 113 Å². The topological polar surface area (TPSA) is 109 Å². The number of carbonyl (C=O) groups is 3. The maximum absolute atomic E-state index is 13.1. The average Bonchev–Trinajstić information content (AvgIpc) is 3.66. The van der Waals surface area contributed by atoms with Gasteiger partial charge in [0.2, 0.25) is 6.10 Å². The van der Waals surface area contributed by atoms with Crippen molar-refractivity contribution in [2.24, 2.45) is 17.3 Å². The summed E-state index contributed by atoms with van der Waals surface area (Å²) in [6, 6.07) is 31.4. The van der Waals surface area contributed by atoms with Crippen molar-refractivity contribution >= 4 is 41.0 Å². The van der Waals surface area contributed by atoms with Gasteiger partial charge in [-0.15, -0.1) is 0 Å². The van der Waals surface area contributed by atoms with Crippen LogP contribution in [-0.2, 0) is 16.0 Å². The Morgan fingerprint density at radius 2 is 1.50 bits per heavy atom. The molecule has 0 aromatic heterocycles. The van der Waals surface area contributed by atoms with Gasteiger partial charge in [0.1, 0.15) is 22.1 Å². The Bertz CT molecular complexity index is 2010. The number of esters is 1. The van der Waals surface area contributed by atoms with Crippen molar-refractivity contribution in [3.8, 4) is 17.6 Å². The molecule has 0 saturated heterocycles. The largest absolute Gasteiger partial charge is 0.457 e. The van der Waals surface area contributed by atoms with Crippen LogP contribution in [0.1, 0.15) is 90.6 Å². The molecule has 1 unspecified atom stereocenters. The van der Waals surface area contributed by atoms with E-state index in [1.807, 2.05) is 115 Å². The van der Waals surface area contributed by atoms with Gasteiger partial charge in [0.05, 0.1) is 11.5 Å². The SMILES string of the molecule is CC1(C)[C@H](C(=O)OC(C#N)c2cccc(Oc3ccccc3)c2)[C@@H]1C=C(Cl)Cl.CCc1ccc(C(=O)NN(C(=O)c2cc(C)cc(C)c2)C(C)(C)C)cc1. The van der Waals surface area contributed by atoms with Gasteiger partial charge in [0.25, 0.3) is 11.8 Å². The average molecular weight is 769 g/mol. The van der Waals surface area contributed by atoms with Crippen molar-refractivity contribution in [2.75, 3.05) is 0 Å². The maximum Gasteiger partial charge on any atom is 0.311 e. The van der Waals surface area contributed by atoms with Gasteiger partial charge in [-0.3, -0.25) is 19.8 Å². The number of allylic oxidation sites excluding steroid dienone is 1. The molecule has 8 nitrogen and oxygen atoms in total. The lowest BCUT2D eigenvalue weighted by atomic mass is 10.0. The number of hydrogen-bond acceptors (Lipinski definition) is 6. The van der Waals surface area contributed by atoms with Crippen molar-refractivity contribution in [3.63, 3.8) is 0 Å². The molecule has 2 amide bonds. The summed E-state index contributed by atoms with van der Waals surface area (Å²) >= 11 is 11.5. The first-order valence-corrected chi connectivity index (χ1v) is 18.5. The van der Waals surface area contributed by atoms with Crippen molar-refractivity contribution in [1.82, 2.24) is 10.4 Å². The lowest BCUT2D eigenvalue weighted by molar-refractivity contribution is -0.149. The molecule has 0 spiro atoms. The zero-order chi connectivity index (χ0) is 39.8. The Kier molecular flexibility index (Phi) is 13.7. The van der Waals surface area contributed by atoms with Crippen LogP contribution in [-0.4, -0.2) is 28.3 Å². The third-order valence-electron chi connectivity index (χ3n) is 9.14. The summed E-state index contributed by atoms with van der Waals surface area (Å²) in [5.74, 6) is -0.222. The molecule has 1 N–H and O–H groups in total. The summed E-state index contributed by atoms with van der Waals surface area (Å²) in [6.45, 7) is 15.5. The molecule has 0 heterocycles. The Labute approximate surface area is 328 Å². The number of rotatable bonds is 9. The highest BCUT2D eigenvalue weighted by Gasteiger charge is 2.62. The lowest BCUT2D eigenvalue weighted by Crippen LogP contribution is -2.55. The predicted octanol–water partition coefficient (Wildman–Crippen LogP) is 10.6. The minimum Gasteiger partial charge on any atom is -0.457 e. The van der Waals surface area contributed by atoms with Crippen molar-refractivity contribution < 1.29 is 23.9 Å². The molecule has 1 aliphatic rings. The van der Waals surface area contributed by atoms with Crippen molar-refractivity contribution in [3.05, 3.63) is 141 Å². The zero-order valence-corrected chi connectivity index (χ0v) is 33.5. The van der Waals surface area contributed by atoms with E-state index < -0.39 is 17.6 Å². The number of amides is 2. The van der Waals surface area contributed by atoms with E-state index in [1.54, 1.807) is 42.5 Å². The molecule has 282 valence electrons. The molecule has 5 rings (SSSR count). The van der Waals surface area contributed by atoms with Crippen LogP contribution in [0, 0.1) is 42.4 Å². The van der Waals surface area contributed by atoms with Crippen molar-refractivity contribution in [1.29, 1.82) is 5.26 Å². The third kappa shape index (κ3) is 11.0. The first-order valence-electron chi connectivity index (χ1n) is 17.7. The fraction of sp³-hybridized carbons (Fsp3) is 0.318. The minimum absolute atomic E-state index is 0.114. The van der Waals surface area contributed by atoms with Gasteiger partial charge in [0.15, 0.2) is 0 Å². The summed E-state index contributed by atoms with van der Waals surface area (Å²) in [4.78, 5) is 38.4. The molecule has 10 heteroatoms. The molecule has 1 saturated carbocycles. The number of aryl methyl sites for hydroxylation is 3. The second-order valence-electron chi connectivity index (χ2n) is 14.9. The molecule has 3 atom stereocenters. The number of hydrazine groups is 1. The molecule has 1 aliphatic carbocycles. The third-order valence-corrected chi connectivity index (χ3v) is 9.39. The summed E-state index contributed by atoms with van der Waals surface area (Å²) in [6.07, 6.45) is 1.53. The van der Waals surface area contributed by atoms with E-state index in [4.69, 9.17) is 32.7 Å². The number of benzene rings is 4. The highest BCUT2D eigenvalue weighted by Crippen LogP contribution is 2.60. The highest BCUT2D eigenvalue weighted by molar-refractivity contribution is 6.55. The van der Waals surface area contributed by atoms with E-state index in [9.17, 15) is 19.6 Å². The monoisotopic (exact) mass is 767 g/mol. The number of nitrogens with zero attached hydrogens (tertiary/aromatic N) is 2. The first-order chi connectivity index (χ1) is 25.4. The van der Waals surface area contributed by atoms with Crippen LogP contribution in [0.2, 0.25) is 0 Å². The molecular formula is C44H47Cl2N3O5. The smallest absolute Gasteiger partial charge is 0.311 e. The quantitative estimate of drug-likeness (QED) is 0.134. The second kappa shape index (κ2) is 17.8. The predicted molar refractivity (Wildman–Crippen MR) is 213 cm³/mol. The number of ether oxygens (including phenoxy) is 2. The van der Waals surface area contributed by atoms with Crippen molar-refractivity contribution in [2.45, 2.75) is 73.5 Å². The zero-order valence-electron chi connectivity index (χ0n) is 31.9. The van der Waals surface area contributed by atoms with Gasteiger partial charge in [-0.1, -0.05) is 104 Å². The number of nitrogens with one attached hydrogen (secondary N) is 1. The summed E-state index contributed by atoms with van der Waals surface area (Å²) in [7, 11) is 0. The van der Waals surface area contributed by atoms with Gasteiger partial charge in [0, 0.05) is 16.7 Å². The number of hydrogen-bond donors (Lipinski definition) is 1. The normalized spacial score (nSPS) is 15.9. The van der Waals surface area contributed by atoms with Gasteiger partial charge in [-0.25, -0.2) is 5.01 Å². The molecule has 1 fully saturated rings. The molecule has 4 aromatic carbocycles. The fourth-order valence-electron chi connectivity index (χ4n) is 6.11. The van der Waals surface area contributed by atoms with Gasteiger partial charge in [-0.2, -0.15) is 5.26 Å². The fourth-order valence-corrected chi connectivity index (χ4v) is 6.38. The lowest BCUT2D eigenvalue weighted by Gasteiger charge is -2.35. The van der Waals surface area contributed by atoms with E-state index in [-0.39, 0.29) is 33.6 Å².